The number of furan rings is 1. The molecule has 3 heterocycles. The van der Waals surface area contributed by atoms with E-state index in [-0.39, 0.29) is 17.9 Å². The van der Waals surface area contributed by atoms with E-state index in [1.807, 2.05) is 18.7 Å². The zero-order chi connectivity index (χ0) is 22.0. The number of rotatable bonds is 6. The second-order valence-corrected chi connectivity index (χ2v) is 8.86. The van der Waals surface area contributed by atoms with Crippen LogP contribution < -0.4 is 10.2 Å². The molecule has 4 rings (SSSR count). The van der Waals surface area contributed by atoms with E-state index in [9.17, 15) is 9.59 Å². The lowest BCUT2D eigenvalue weighted by Gasteiger charge is -2.34. The highest BCUT2D eigenvalue weighted by molar-refractivity contribution is 5.95. The van der Waals surface area contributed by atoms with Crippen molar-refractivity contribution in [2.45, 2.75) is 45.8 Å². The number of carbonyl (C=O) groups is 2. The number of amides is 2. The Hall–Kier alpha value is -2.80. The third-order valence-corrected chi connectivity index (χ3v) is 6.11. The van der Waals surface area contributed by atoms with Gasteiger partial charge in [-0.05, 0) is 44.9 Å². The molecule has 2 aliphatic heterocycles. The highest BCUT2D eigenvalue weighted by atomic mass is 16.3. The first-order valence-electron chi connectivity index (χ1n) is 11.1. The average molecular weight is 425 g/mol. The first-order valence-corrected chi connectivity index (χ1v) is 11.1. The van der Waals surface area contributed by atoms with Crippen LogP contribution in [0.4, 0.5) is 5.69 Å². The molecule has 0 spiro atoms. The maximum Gasteiger partial charge on any atom is 0.257 e. The fraction of sp³-hybridized carbons (Fsp3) is 0.500. The van der Waals surface area contributed by atoms with Gasteiger partial charge in [-0.1, -0.05) is 18.2 Å². The van der Waals surface area contributed by atoms with Crippen LogP contribution >= 0.6 is 0 Å². The van der Waals surface area contributed by atoms with Crippen molar-refractivity contribution >= 4 is 17.5 Å². The van der Waals surface area contributed by atoms with Crippen molar-refractivity contribution in [1.82, 2.24) is 15.1 Å². The predicted molar refractivity (Wildman–Crippen MR) is 120 cm³/mol. The number of nitrogens with zero attached hydrogens (tertiary/aromatic N) is 3. The Balaban J connectivity index is 1.37. The third kappa shape index (κ3) is 4.77. The largest absolute Gasteiger partial charge is 0.467 e. The molecular formula is C24H32N4O3. The van der Waals surface area contributed by atoms with E-state index >= 15 is 0 Å². The summed E-state index contributed by atoms with van der Waals surface area (Å²) in [4.78, 5) is 31.5. The number of benzene rings is 1. The molecule has 7 nitrogen and oxygen atoms in total. The maximum absolute atomic E-state index is 13.2. The molecule has 7 heteroatoms. The first-order chi connectivity index (χ1) is 14.9. The highest BCUT2D eigenvalue weighted by Crippen LogP contribution is 2.33. The monoisotopic (exact) mass is 424 g/mol. The van der Waals surface area contributed by atoms with Crippen molar-refractivity contribution < 1.29 is 14.0 Å². The van der Waals surface area contributed by atoms with Gasteiger partial charge in [0.2, 0.25) is 5.91 Å². The summed E-state index contributed by atoms with van der Waals surface area (Å²) in [5.41, 5.74) is 3.20. The Morgan fingerprint density at radius 2 is 1.87 bits per heavy atom. The molecule has 2 amide bonds. The van der Waals surface area contributed by atoms with Crippen molar-refractivity contribution in [2.24, 2.45) is 0 Å². The SMILES string of the molecule is CC(C)NC(=O)CN1CCN(C(=O)c2ccoc2CN2c3ccccc3CC2C)CC1. The van der Waals surface area contributed by atoms with Gasteiger partial charge in [0.15, 0.2) is 0 Å². The molecule has 1 aromatic carbocycles. The van der Waals surface area contributed by atoms with Crippen LogP contribution in [0, 0.1) is 0 Å². The van der Waals surface area contributed by atoms with E-state index in [1.165, 1.54) is 11.3 Å². The predicted octanol–water partition coefficient (Wildman–Crippen LogP) is 2.51. The summed E-state index contributed by atoms with van der Waals surface area (Å²) in [6.07, 6.45) is 2.62. The Labute approximate surface area is 184 Å². The van der Waals surface area contributed by atoms with Gasteiger partial charge in [0.25, 0.3) is 5.91 Å². The van der Waals surface area contributed by atoms with Crippen LogP contribution in [0.3, 0.4) is 0 Å². The molecule has 1 unspecified atom stereocenters. The lowest BCUT2D eigenvalue weighted by atomic mass is 10.1. The van der Waals surface area contributed by atoms with E-state index < -0.39 is 0 Å². The molecule has 1 aromatic heterocycles. The maximum atomic E-state index is 13.2. The standard InChI is InChI=1S/C24H32N4O3/c1-17(2)25-23(29)16-26-9-11-27(12-10-26)24(30)20-8-13-31-22(20)15-28-18(3)14-19-6-4-5-7-21(19)28/h4-8,13,17-18H,9-12,14-16H2,1-3H3,(H,25,29). The van der Waals surface area contributed by atoms with Crippen molar-refractivity contribution in [3.8, 4) is 0 Å². The van der Waals surface area contributed by atoms with Gasteiger partial charge in [-0.3, -0.25) is 14.5 Å². The van der Waals surface area contributed by atoms with E-state index in [0.717, 1.165) is 6.42 Å². The van der Waals surface area contributed by atoms with E-state index in [2.05, 4.69) is 46.3 Å². The molecule has 1 N–H and O–H groups in total. The van der Waals surface area contributed by atoms with Crippen LogP contribution in [-0.4, -0.2) is 66.4 Å². The minimum absolute atomic E-state index is 0.00941. The summed E-state index contributed by atoms with van der Waals surface area (Å²) in [6, 6.07) is 10.7. The molecular weight excluding hydrogens is 392 g/mol. The van der Waals surface area contributed by atoms with E-state index in [4.69, 9.17) is 4.42 Å². The van der Waals surface area contributed by atoms with Crippen LogP contribution in [0.1, 0.15) is 42.5 Å². The van der Waals surface area contributed by atoms with Gasteiger partial charge in [0.1, 0.15) is 5.76 Å². The molecule has 1 atom stereocenters. The quantitative estimate of drug-likeness (QED) is 0.772. The Kier molecular flexibility index (Phi) is 6.32. The Morgan fingerprint density at radius 3 is 2.61 bits per heavy atom. The normalized spacial score (nSPS) is 19.0. The molecule has 0 radical (unpaired) electrons. The van der Waals surface area contributed by atoms with Crippen LogP contribution in [0.25, 0.3) is 0 Å². The number of para-hydroxylation sites is 1. The molecule has 1 saturated heterocycles. The summed E-state index contributed by atoms with van der Waals surface area (Å²) in [6.45, 7) is 9.70. The van der Waals surface area contributed by atoms with Gasteiger partial charge >= 0.3 is 0 Å². The van der Waals surface area contributed by atoms with E-state index in [0.29, 0.717) is 56.6 Å². The number of fused-ring (bicyclic) bond motifs is 1. The minimum atomic E-state index is 0.00941. The summed E-state index contributed by atoms with van der Waals surface area (Å²) >= 11 is 0. The number of nitrogens with one attached hydrogen (secondary N) is 1. The second kappa shape index (κ2) is 9.14. The Morgan fingerprint density at radius 1 is 1.13 bits per heavy atom. The number of hydrogen-bond donors (Lipinski definition) is 1. The molecule has 166 valence electrons. The van der Waals surface area contributed by atoms with Gasteiger partial charge in [-0.15, -0.1) is 0 Å². The first kappa shape index (κ1) is 21.4. The van der Waals surface area contributed by atoms with Crippen molar-refractivity contribution in [2.75, 3.05) is 37.6 Å². The van der Waals surface area contributed by atoms with Crippen molar-refractivity contribution in [3.63, 3.8) is 0 Å². The fourth-order valence-electron chi connectivity index (χ4n) is 4.53. The van der Waals surface area contributed by atoms with Crippen molar-refractivity contribution in [3.05, 3.63) is 53.5 Å². The lowest BCUT2D eigenvalue weighted by molar-refractivity contribution is -0.123. The third-order valence-electron chi connectivity index (χ3n) is 6.11. The topological polar surface area (TPSA) is 69.0 Å². The van der Waals surface area contributed by atoms with Crippen LogP contribution in [0.15, 0.2) is 41.0 Å². The summed E-state index contributed by atoms with van der Waals surface area (Å²) in [5, 5.41) is 2.92. The molecule has 0 saturated carbocycles. The molecule has 0 aliphatic carbocycles. The molecule has 2 aromatic rings. The minimum Gasteiger partial charge on any atom is -0.467 e. The van der Waals surface area contributed by atoms with Gasteiger partial charge in [0.05, 0.1) is 24.9 Å². The number of anilines is 1. The molecule has 1 fully saturated rings. The highest BCUT2D eigenvalue weighted by Gasteiger charge is 2.30. The zero-order valence-electron chi connectivity index (χ0n) is 18.6. The van der Waals surface area contributed by atoms with Gasteiger partial charge in [0, 0.05) is 44.0 Å². The summed E-state index contributed by atoms with van der Waals surface area (Å²) < 4.78 is 5.76. The van der Waals surface area contributed by atoms with Crippen LogP contribution in [-0.2, 0) is 17.8 Å². The van der Waals surface area contributed by atoms with E-state index in [1.54, 1.807) is 12.3 Å². The van der Waals surface area contributed by atoms with Crippen molar-refractivity contribution in [1.29, 1.82) is 0 Å². The van der Waals surface area contributed by atoms with Crippen LogP contribution in [0.2, 0.25) is 0 Å². The van der Waals surface area contributed by atoms with Gasteiger partial charge in [-0.25, -0.2) is 0 Å². The number of hydrogen-bond acceptors (Lipinski definition) is 5. The smallest absolute Gasteiger partial charge is 0.257 e. The summed E-state index contributed by atoms with van der Waals surface area (Å²) in [7, 11) is 0. The number of carbonyl (C=O) groups excluding carboxylic acids is 2. The second-order valence-electron chi connectivity index (χ2n) is 8.86. The Bertz CT molecular complexity index is 930. The van der Waals surface area contributed by atoms with Crippen LogP contribution in [0.5, 0.6) is 0 Å². The van der Waals surface area contributed by atoms with Gasteiger partial charge in [-0.2, -0.15) is 0 Å². The summed E-state index contributed by atoms with van der Waals surface area (Å²) in [5.74, 6) is 0.759. The lowest BCUT2D eigenvalue weighted by Crippen LogP contribution is -2.51. The van der Waals surface area contributed by atoms with Gasteiger partial charge < -0.3 is 19.5 Å². The molecule has 0 bridgehead atoms. The molecule has 2 aliphatic rings. The fourth-order valence-corrected chi connectivity index (χ4v) is 4.53. The zero-order valence-corrected chi connectivity index (χ0v) is 18.6. The number of piperazine rings is 1. The average Bonchev–Trinajstić information content (AvgIpc) is 3.32. The molecule has 31 heavy (non-hydrogen) atoms.